The Morgan fingerprint density at radius 2 is 1.73 bits per heavy atom. The zero-order valence-electron chi connectivity index (χ0n) is 13.7. The summed E-state index contributed by atoms with van der Waals surface area (Å²) in [5, 5.41) is 3.05. The monoisotopic (exact) mass is 349 g/mol. The van der Waals surface area contributed by atoms with Gasteiger partial charge in [-0.3, -0.25) is 19.5 Å². The van der Waals surface area contributed by atoms with Crippen molar-refractivity contribution in [2.45, 2.75) is 13.0 Å². The number of benzene rings is 2. The molecule has 0 atom stereocenters. The van der Waals surface area contributed by atoms with Gasteiger partial charge in [0.25, 0.3) is 5.56 Å². The highest BCUT2D eigenvalue weighted by Gasteiger charge is 2.11. The molecule has 26 heavy (non-hydrogen) atoms. The van der Waals surface area contributed by atoms with Crippen molar-refractivity contribution in [3.05, 3.63) is 69.4 Å². The second-order valence-electron chi connectivity index (χ2n) is 5.83. The van der Waals surface area contributed by atoms with Gasteiger partial charge >= 0.3 is 5.69 Å². The molecule has 0 saturated heterocycles. The van der Waals surface area contributed by atoms with Crippen molar-refractivity contribution in [1.29, 1.82) is 0 Å². The summed E-state index contributed by atoms with van der Waals surface area (Å²) in [4.78, 5) is 46.6. The molecule has 0 fully saturated rings. The number of hydrogen-bond donors (Lipinski definition) is 3. The Morgan fingerprint density at radius 1 is 1.00 bits per heavy atom. The van der Waals surface area contributed by atoms with E-state index in [0.29, 0.717) is 16.9 Å². The number of nitrogens with one attached hydrogen (secondary N) is 3. The maximum Gasteiger partial charge on any atom is 0.328 e. The van der Waals surface area contributed by atoms with E-state index in [4.69, 9.17) is 0 Å². The maximum absolute atomic E-state index is 12.4. The first kappa shape index (κ1) is 15.8. The first-order valence-corrected chi connectivity index (χ1v) is 8.08. The quantitative estimate of drug-likeness (QED) is 0.519. The van der Waals surface area contributed by atoms with Crippen molar-refractivity contribution in [2.24, 2.45) is 0 Å². The number of para-hydroxylation sites is 3. The van der Waals surface area contributed by atoms with Crippen molar-refractivity contribution in [3.63, 3.8) is 0 Å². The van der Waals surface area contributed by atoms with E-state index in [1.165, 1.54) is 0 Å². The normalized spacial score (nSPS) is 11.1. The van der Waals surface area contributed by atoms with Gasteiger partial charge < -0.3 is 9.97 Å². The number of aromatic amines is 2. The summed E-state index contributed by atoms with van der Waals surface area (Å²) < 4.78 is 1.03. The molecule has 2 heterocycles. The van der Waals surface area contributed by atoms with Crippen LogP contribution < -0.4 is 16.6 Å². The molecule has 2 aromatic heterocycles. The number of anilines is 1. The van der Waals surface area contributed by atoms with Gasteiger partial charge in [-0.1, -0.05) is 24.3 Å². The zero-order chi connectivity index (χ0) is 18.1. The minimum Gasteiger partial charge on any atom is -0.324 e. The third kappa shape index (κ3) is 2.88. The number of aromatic nitrogens is 4. The number of H-pyrrole nitrogens is 2. The molecule has 3 N–H and O–H groups in total. The Hall–Kier alpha value is -3.68. The molecule has 0 radical (unpaired) electrons. The largest absolute Gasteiger partial charge is 0.328 e. The number of carbonyl (C=O) groups excluding carboxylic acids is 1. The fraction of sp³-hybridized carbons (Fsp3) is 0.111. The van der Waals surface area contributed by atoms with Crippen LogP contribution in [-0.4, -0.2) is 25.4 Å². The van der Waals surface area contributed by atoms with Crippen LogP contribution in [0.5, 0.6) is 0 Å². The molecular weight excluding hydrogens is 334 g/mol. The molecule has 0 aliphatic rings. The minimum atomic E-state index is -0.537. The topological polar surface area (TPSA) is 113 Å². The number of imidazole rings is 1. The van der Waals surface area contributed by atoms with Gasteiger partial charge in [-0.15, -0.1) is 0 Å². The van der Waals surface area contributed by atoms with Gasteiger partial charge in [0, 0.05) is 13.0 Å². The predicted octanol–water partition coefficient (Wildman–Crippen LogP) is 1.59. The summed E-state index contributed by atoms with van der Waals surface area (Å²) in [6.45, 7) is -0.0228. The lowest BCUT2D eigenvalue weighted by Gasteiger charge is -2.06. The van der Waals surface area contributed by atoms with Crippen LogP contribution >= 0.6 is 0 Å². The third-order valence-electron chi connectivity index (χ3n) is 4.10. The van der Waals surface area contributed by atoms with Crippen LogP contribution in [0, 0.1) is 0 Å². The number of amides is 1. The van der Waals surface area contributed by atoms with E-state index >= 15 is 0 Å². The lowest BCUT2D eigenvalue weighted by atomic mass is 10.2. The van der Waals surface area contributed by atoms with Crippen LogP contribution in [-0.2, 0) is 11.3 Å². The van der Waals surface area contributed by atoms with Crippen LogP contribution in [0.3, 0.4) is 0 Å². The van der Waals surface area contributed by atoms with E-state index in [0.717, 1.165) is 15.6 Å². The highest BCUT2D eigenvalue weighted by Crippen LogP contribution is 2.13. The molecule has 130 valence electrons. The van der Waals surface area contributed by atoms with Gasteiger partial charge in [0.2, 0.25) is 11.9 Å². The van der Waals surface area contributed by atoms with E-state index in [2.05, 4.69) is 20.3 Å². The van der Waals surface area contributed by atoms with Crippen molar-refractivity contribution in [3.8, 4) is 0 Å². The molecule has 0 aliphatic carbocycles. The molecule has 0 aliphatic heterocycles. The first-order valence-electron chi connectivity index (χ1n) is 8.08. The molecule has 8 heteroatoms. The minimum absolute atomic E-state index is 0.0228. The molecule has 0 spiro atoms. The summed E-state index contributed by atoms with van der Waals surface area (Å²) in [6.07, 6.45) is -0.0294. The average molecular weight is 349 g/mol. The van der Waals surface area contributed by atoms with E-state index in [9.17, 15) is 14.4 Å². The molecule has 4 rings (SSSR count). The van der Waals surface area contributed by atoms with Gasteiger partial charge in [-0.25, -0.2) is 9.78 Å². The Morgan fingerprint density at radius 3 is 2.54 bits per heavy atom. The highest BCUT2D eigenvalue weighted by molar-refractivity contribution is 5.91. The number of rotatable bonds is 4. The summed E-state index contributed by atoms with van der Waals surface area (Å²) in [5.41, 5.74) is 1.08. The third-order valence-corrected chi connectivity index (χ3v) is 4.10. The van der Waals surface area contributed by atoms with Gasteiger partial charge in [0.05, 0.1) is 21.9 Å². The zero-order valence-corrected chi connectivity index (χ0v) is 13.7. The van der Waals surface area contributed by atoms with Crippen molar-refractivity contribution >= 4 is 33.8 Å². The van der Waals surface area contributed by atoms with Gasteiger partial charge in [0.15, 0.2) is 0 Å². The molecule has 4 aromatic rings. The average Bonchev–Trinajstić information content (AvgIpc) is 3.03. The molecule has 8 nitrogen and oxygen atoms in total. The van der Waals surface area contributed by atoms with E-state index < -0.39 is 11.2 Å². The van der Waals surface area contributed by atoms with Gasteiger partial charge in [-0.05, 0) is 24.3 Å². The smallest absolute Gasteiger partial charge is 0.324 e. The lowest BCUT2D eigenvalue weighted by molar-refractivity contribution is -0.116. The number of carbonyl (C=O) groups is 1. The standard InChI is InChI=1S/C18H15N5O3/c24-15(22-17-19-13-7-3-4-8-14(13)20-17)9-10-23-16(25)11-5-1-2-6-12(11)21-18(23)26/h1-8H,9-10H2,(H,21,26)(H2,19,20,22,24). The van der Waals surface area contributed by atoms with Crippen LogP contribution in [0.25, 0.3) is 21.9 Å². The second-order valence-corrected chi connectivity index (χ2v) is 5.83. The van der Waals surface area contributed by atoms with Crippen molar-refractivity contribution in [1.82, 2.24) is 19.5 Å². The molecule has 0 saturated carbocycles. The van der Waals surface area contributed by atoms with Crippen LogP contribution in [0.1, 0.15) is 6.42 Å². The van der Waals surface area contributed by atoms with E-state index in [1.54, 1.807) is 24.3 Å². The van der Waals surface area contributed by atoms with Crippen molar-refractivity contribution < 1.29 is 4.79 Å². The molecular formula is C18H15N5O3. The second kappa shape index (κ2) is 6.32. The van der Waals surface area contributed by atoms with Crippen molar-refractivity contribution in [2.75, 3.05) is 5.32 Å². The fourth-order valence-corrected chi connectivity index (χ4v) is 2.82. The molecule has 0 bridgehead atoms. The lowest BCUT2D eigenvalue weighted by Crippen LogP contribution is -2.36. The summed E-state index contributed by atoms with van der Waals surface area (Å²) in [7, 11) is 0. The number of nitrogens with zero attached hydrogens (tertiary/aromatic N) is 2. The van der Waals surface area contributed by atoms with E-state index in [1.807, 2.05) is 24.3 Å². The van der Waals surface area contributed by atoms with Gasteiger partial charge in [-0.2, -0.15) is 0 Å². The molecule has 2 aromatic carbocycles. The number of fused-ring (bicyclic) bond motifs is 2. The maximum atomic E-state index is 12.4. The summed E-state index contributed by atoms with van der Waals surface area (Å²) >= 11 is 0. The van der Waals surface area contributed by atoms with Crippen LogP contribution in [0.4, 0.5) is 5.95 Å². The SMILES string of the molecule is O=C(CCn1c(=O)[nH]c2ccccc2c1=O)Nc1nc2ccccc2[nH]1. The Labute approximate surface area is 146 Å². The molecule has 1 amide bonds. The Bertz CT molecular complexity index is 1200. The predicted molar refractivity (Wildman–Crippen MR) is 98.2 cm³/mol. The Kier molecular flexibility index (Phi) is 3.85. The fourth-order valence-electron chi connectivity index (χ4n) is 2.82. The first-order chi connectivity index (χ1) is 12.6. The van der Waals surface area contributed by atoms with Crippen LogP contribution in [0.15, 0.2) is 58.1 Å². The van der Waals surface area contributed by atoms with Gasteiger partial charge in [0.1, 0.15) is 0 Å². The van der Waals surface area contributed by atoms with Crippen LogP contribution in [0.2, 0.25) is 0 Å². The highest BCUT2D eigenvalue weighted by atomic mass is 16.2. The van der Waals surface area contributed by atoms with E-state index in [-0.39, 0.29) is 18.9 Å². The Balaban J connectivity index is 1.52. The summed E-state index contributed by atoms with van der Waals surface area (Å²) in [5.74, 6) is -0.0144. The summed E-state index contributed by atoms with van der Waals surface area (Å²) in [6, 6.07) is 14.2. The number of hydrogen-bond acceptors (Lipinski definition) is 4. The molecule has 0 unspecified atom stereocenters.